The molecule has 0 bridgehead atoms. The number of nitrogens with one attached hydrogen (secondary N) is 2. The molecule has 1 saturated heterocycles. The van der Waals surface area contributed by atoms with Crippen LogP contribution in [0.25, 0.3) is 0 Å². The van der Waals surface area contributed by atoms with Crippen molar-refractivity contribution in [3.63, 3.8) is 0 Å². The van der Waals surface area contributed by atoms with Crippen LogP contribution in [0.15, 0.2) is 12.5 Å². The lowest BCUT2D eigenvalue weighted by Gasteiger charge is -2.48. The molecule has 2 fully saturated rings. The maximum absolute atomic E-state index is 12.1. The van der Waals surface area contributed by atoms with E-state index in [-0.39, 0.29) is 5.91 Å². The smallest absolute Gasteiger partial charge is 0.269 e. The van der Waals surface area contributed by atoms with E-state index in [2.05, 4.69) is 15.6 Å². The molecule has 1 spiro atoms. The molecule has 3 rings (SSSR count). The molecule has 1 aromatic heterocycles. The number of piperidine rings is 1. The van der Waals surface area contributed by atoms with Crippen molar-refractivity contribution in [2.24, 2.45) is 7.05 Å². The minimum atomic E-state index is -0.00336. The number of carbonyl (C=O) groups is 1. The zero-order valence-electron chi connectivity index (χ0n) is 10.8. The molecule has 0 radical (unpaired) electrons. The van der Waals surface area contributed by atoms with Gasteiger partial charge in [0.25, 0.3) is 5.91 Å². The van der Waals surface area contributed by atoms with Crippen molar-refractivity contribution in [2.45, 2.75) is 43.7 Å². The summed E-state index contributed by atoms with van der Waals surface area (Å²) in [6, 6.07) is 0.300. The van der Waals surface area contributed by atoms with E-state index in [4.69, 9.17) is 0 Å². The first-order chi connectivity index (χ1) is 8.69. The van der Waals surface area contributed by atoms with Crippen LogP contribution in [0, 0.1) is 0 Å². The maximum atomic E-state index is 12.1. The van der Waals surface area contributed by atoms with Gasteiger partial charge in [-0.15, -0.1) is 0 Å². The number of nitrogens with zero attached hydrogens (tertiary/aromatic N) is 2. The first kappa shape index (κ1) is 11.7. The Hall–Kier alpha value is -1.36. The predicted molar refractivity (Wildman–Crippen MR) is 68.3 cm³/mol. The van der Waals surface area contributed by atoms with Gasteiger partial charge in [-0.2, -0.15) is 0 Å². The van der Waals surface area contributed by atoms with Crippen LogP contribution in [0.1, 0.15) is 42.6 Å². The second-order valence-electron chi connectivity index (χ2n) is 5.61. The highest BCUT2D eigenvalue weighted by molar-refractivity contribution is 5.92. The number of aryl methyl sites for hydroxylation is 1. The third kappa shape index (κ3) is 2.03. The Balaban J connectivity index is 1.62. The normalized spacial score (nSPS) is 25.7. The molecule has 5 nitrogen and oxygen atoms in total. The first-order valence-electron chi connectivity index (χ1n) is 6.71. The highest BCUT2D eigenvalue weighted by atomic mass is 16.2. The second-order valence-corrected chi connectivity index (χ2v) is 5.61. The summed E-state index contributed by atoms with van der Waals surface area (Å²) in [4.78, 5) is 16.1. The number of imidazole rings is 1. The average Bonchev–Trinajstić information content (AvgIpc) is 2.74. The molecule has 1 unspecified atom stereocenters. The Bertz CT molecular complexity index is 450. The zero-order valence-corrected chi connectivity index (χ0v) is 10.8. The third-order valence-electron chi connectivity index (χ3n) is 4.33. The molecule has 1 aliphatic heterocycles. The molecule has 1 saturated carbocycles. The van der Waals surface area contributed by atoms with Gasteiger partial charge in [-0.1, -0.05) is 0 Å². The van der Waals surface area contributed by atoms with Crippen LogP contribution < -0.4 is 10.6 Å². The number of hydrogen-bond acceptors (Lipinski definition) is 3. The van der Waals surface area contributed by atoms with E-state index >= 15 is 0 Å². The van der Waals surface area contributed by atoms with Crippen molar-refractivity contribution in [1.82, 2.24) is 20.2 Å². The van der Waals surface area contributed by atoms with Gasteiger partial charge in [0, 0.05) is 18.6 Å². The molecule has 1 aromatic rings. The Morgan fingerprint density at radius 1 is 1.61 bits per heavy atom. The van der Waals surface area contributed by atoms with Crippen LogP contribution in [0.3, 0.4) is 0 Å². The highest BCUT2D eigenvalue weighted by Gasteiger charge is 2.41. The van der Waals surface area contributed by atoms with Gasteiger partial charge in [0.2, 0.25) is 0 Å². The van der Waals surface area contributed by atoms with Gasteiger partial charge in [-0.05, 0) is 38.6 Å². The topological polar surface area (TPSA) is 59.0 Å². The minimum absolute atomic E-state index is 0.00336. The lowest BCUT2D eigenvalue weighted by molar-refractivity contribution is 0.0845. The molecule has 98 valence electrons. The molecule has 18 heavy (non-hydrogen) atoms. The van der Waals surface area contributed by atoms with Crippen LogP contribution >= 0.6 is 0 Å². The van der Waals surface area contributed by atoms with Gasteiger partial charge in [0.1, 0.15) is 5.69 Å². The van der Waals surface area contributed by atoms with Gasteiger partial charge < -0.3 is 15.2 Å². The average molecular weight is 248 g/mol. The summed E-state index contributed by atoms with van der Waals surface area (Å²) < 4.78 is 1.76. The summed E-state index contributed by atoms with van der Waals surface area (Å²) in [5, 5.41) is 6.76. The molecule has 5 heteroatoms. The monoisotopic (exact) mass is 248 g/mol. The fraction of sp³-hybridized carbons (Fsp3) is 0.692. The van der Waals surface area contributed by atoms with Gasteiger partial charge in [-0.3, -0.25) is 4.79 Å². The summed E-state index contributed by atoms with van der Waals surface area (Å²) in [7, 11) is 1.85. The minimum Gasteiger partial charge on any atom is -0.348 e. The molecule has 1 amide bonds. The second kappa shape index (κ2) is 4.39. The summed E-state index contributed by atoms with van der Waals surface area (Å²) in [6.45, 7) is 1.01. The number of amides is 1. The van der Waals surface area contributed by atoms with E-state index in [1.54, 1.807) is 17.1 Å². The van der Waals surface area contributed by atoms with Gasteiger partial charge in [0.15, 0.2) is 0 Å². The van der Waals surface area contributed by atoms with Crippen molar-refractivity contribution in [3.05, 3.63) is 18.2 Å². The number of hydrogen-bond donors (Lipinski definition) is 2. The third-order valence-corrected chi connectivity index (χ3v) is 4.33. The van der Waals surface area contributed by atoms with Crippen LogP contribution in [0.4, 0.5) is 0 Å². The summed E-state index contributed by atoms with van der Waals surface area (Å²) in [5.41, 5.74) is 0.957. The molecule has 1 atom stereocenters. The largest absolute Gasteiger partial charge is 0.348 e. The maximum Gasteiger partial charge on any atom is 0.269 e. The molecule has 2 N–H and O–H groups in total. The summed E-state index contributed by atoms with van der Waals surface area (Å²) in [6.07, 6.45) is 9.19. The molecule has 2 heterocycles. The summed E-state index contributed by atoms with van der Waals surface area (Å²) in [5.74, 6) is -0.00336. The molecule has 1 aliphatic carbocycles. The van der Waals surface area contributed by atoms with E-state index in [1.165, 1.54) is 19.3 Å². The predicted octanol–water partition coefficient (Wildman–Crippen LogP) is 0.825. The van der Waals surface area contributed by atoms with Gasteiger partial charge in [0.05, 0.1) is 12.5 Å². The Kier molecular flexibility index (Phi) is 2.86. The van der Waals surface area contributed by atoms with E-state index in [9.17, 15) is 4.79 Å². The fourth-order valence-electron chi connectivity index (χ4n) is 3.10. The first-order valence-corrected chi connectivity index (χ1v) is 6.71. The van der Waals surface area contributed by atoms with E-state index in [1.807, 2.05) is 7.05 Å². The zero-order chi connectivity index (χ0) is 12.6. The Morgan fingerprint density at radius 3 is 3.06 bits per heavy atom. The van der Waals surface area contributed by atoms with Crippen LogP contribution in [-0.4, -0.2) is 33.6 Å². The van der Waals surface area contributed by atoms with E-state index in [0.717, 1.165) is 19.4 Å². The van der Waals surface area contributed by atoms with E-state index in [0.29, 0.717) is 17.3 Å². The Morgan fingerprint density at radius 2 is 2.44 bits per heavy atom. The Labute approximate surface area is 107 Å². The van der Waals surface area contributed by atoms with Crippen LogP contribution in [-0.2, 0) is 7.05 Å². The van der Waals surface area contributed by atoms with Gasteiger partial charge >= 0.3 is 0 Å². The van der Waals surface area contributed by atoms with Crippen LogP contribution in [0.5, 0.6) is 0 Å². The van der Waals surface area contributed by atoms with Gasteiger partial charge in [-0.25, -0.2) is 4.98 Å². The molecular weight excluding hydrogens is 228 g/mol. The SMILES string of the molecule is Cn1cncc1C(=O)NC1CCNC2(CCC2)C1. The van der Waals surface area contributed by atoms with Crippen molar-refractivity contribution in [1.29, 1.82) is 0 Å². The van der Waals surface area contributed by atoms with Crippen molar-refractivity contribution < 1.29 is 4.79 Å². The molecule has 0 aromatic carbocycles. The highest BCUT2D eigenvalue weighted by Crippen LogP contribution is 2.38. The molecule has 2 aliphatic rings. The number of rotatable bonds is 2. The fourth-order valence-corrected chi connectivity index (χ4v) is 3.10. The standard InChI is InChI=1S/C13H20N4O/c1-17-9-14-8-11(17)12(18)16-10-3-6-15-13(7-10)4-2-5-13/h8-10,15H,2-7H2,1H3,(H,16,18). The van der Waals surface area contributed by atoms with Crippen LogP contribution in [0.2, 0.25) is 0 Å². The number of aromatic nitrogens is 2. The quantitative estimate of drug-likeness (QED) is 0.815. The summed E-state index contributed by atoms with van der Waals surface area (Å²) >= 11 is 0. The van der Waals surface area contributed by atoms with Crippen molar-refractivity contribution >= 4 is 5.91 Å². The van der Waals surface area contributed by atoms with E-state index < -0.39 is 0 Å². The lowest BCUT2D eigenvalue weighted by atomic mass is 9.70. The lowest BCUT2D eigenvalue weighted by Crippen LogP contribution is -2.59. The van der Waals surface area contributed by atoms with Crippen molar-refractivity contribution in [2.75, 3.05) is 6.54 Å². The number of carbonyl (C=O) groups excluding carboxylic acids is 1. The molecular formula is C13H20N4O. The van der Waals surface area contributed by atoms with Crippen molar-refractivity contribution in [3.8, 4) is 0 Å².